The van der Waals surface area contributed by atoms with Gasteiger partial charge in [0, 0.05) is 6.42 Å². The summed E-state index contributed by atoms with van der Waals surface area (Å²) in [5.41, 5.74) is 5.43. The Morgan fingerprint density at radius 2 is 2.10 bits per heavy atom. The molecule has 1 aromatic rings. The third kappa shape index (κ3) is 6.68. The molecule has 8 heteroatoms. The van der Waals surface area contributed by atoms with E-state index < -0.39 is 30.7 Å². The van der Waals surface area contributed by atoms with Gasteiger partial charge in [-0.2, -0.15) is 0 Å². The number of benzene rings is 1. The van der Waals surface area contributed by atoms with Crippen LogP contribution in [0.3, 0.4) is 0 Å². The Kier molecular flexibility index (Phi) is 8.12. The molecule has 0 aliphatic carbocycles. The molecular weight excluding hydrogens is 309 g/mol. The predicted molar refractivity (Wildman–Crippen MR) is 75.5 cm³/mol. The van der Waals surface area contributed by atoms with E-state index in [0.29, 0.717) is 5.56 Å². The number of halogens is 4. The van der Waals surface area contributed by atoms with Gasteiger partial charge < -0.3 is 15.8 Å². The molecular formula is C13H18ClF3N2O2. The normalized spacial score (nSPS) is 10.7. The van der Waals surface area contributed by atoms with Crippen LogP contribution in [0, 0.1) is 5.82 Å². The van der Waals surface area contributed by atoms with Gasteiger partial charge in [-0.3, -0.25) is 4.79 Å². The van der Waals surface area contributed by atoms with Gasteiger partial charge in [0.1, 0.15) is 0 Å². The van der Waals surface area contributed by atoms with Gasteiger partial charge in [0.25, 0.3) is 5.92 Å². The Hall–Kier alpha value is -1.47. The number of aryl methyl sites for hydroxylation is 1. The number of methoxy groups -OCH3 is 1. The van der Waals surface area contributed by atoms with Crippen LogP contribution in [0.1, 0.15) is 12.0 Å². The standard InChI is InChI=1S/C13H17F3N2O2.ClH/c1-20-11-4-2-9(6-10(11)14)3-5-12(19)18-8-13(15,16)7-17;/h2,4,6H,3,5,7-8,17H2,1H3,(H,18,19);1H. The van der Waals surface area contributed by atoms with Crippen LogP contribution in [0.25, 0.3) is 0 Å². The maximum atomic E-state index is 13.4. The third-order valence-corrected chi connectivity index (χ3v) is 2.70. The summed E-state index contributed by atoms with van der Waals surface area (Å²) in [6.07, 6.45) is 0.243. The summed E-state index contributed by atoms with van der Waals surface area (Å²) in [5, 5.41) is 2.09. The first kappa shape index (κ1) is 19.5. The fraction of sp³-hybridized carbons (Fsp3) is 0.462. The Morgan fingerprint density at radius 1 is 1.43 bits per heavy atom. The first-order valence-corrected chi connectivity index (χ1v) is 6.05. The molecule has 0 fully saturated rings. The SMILES string of the molecule is COc1ccc(CCC(=O)NCC(F)(F)CN)cc1F.Cl. The van der Waals surface area contributed by atoms with E-state index in [1.54, 1.807) is 6.07 Å². The number of hydrogen-bond donors (Lipinski definition) is 2. The Bertz CT molecular complexity index is 473. The second-order valence-electron chi connectivity index (χ2n) is 4.31. The van der Waals surface area contributed by atoms with Crippen LogP contribution < -0.4 is 15.8 Å². The predicted octanol–water partition coefficient (Wildman–Crippen LogP) is 1.90. The molecule has 0 bridgehead atoms. The first-order chi connectivity index (χ1) is 9.38. The number of ether oxygens (including phenoxy) is 1. The van der Waals surface area contributed by atoms with Gasteiger partial charge in [-0.1, -0.05) is 6.07 Å². The summed E-state index contributed by atoms with van der Waals surface area (Å²) in [7, 11) is 1.35. The van der Waals surface area contributed by atoms with E-state index in [2.05, 4.69) is 5.32 Å². The van der Waals surface area contributed by atoms with Crippen LogP contribution >= 0.6 is 12.4 Å². The summed E-state index contributed by atoms with van der Waals surface area (Å²) in [6.45, 7) is -1.61. The van der Waals surface area contributed by atoms with E-state index in [4.69, 9.17) is 10.5 Å². The summed E-state index contributed by atoms with van der Waals surface area (Å²) in [4.78, 5) is 11.4. The third-order valence-electron chi connectivity index (χ3n) is 2.70. The van der Waals surface area contributed by atoms with Crippen LogP contribution in [0.15, 0.2) is 18.2 Å². The number of nitrogens with one attached hydrogen (secondary N) is 1. The van der Waals surface area contributed by atoms with Gasteiger partial charge in [-0.25, -0.2) is 13.2 Å². The van der Waals surface area contributed by atoms with Crippen molar-refractivity contribution in [3.63, 3.8) is 0 Å². The largest absolute Gasteiger partial charge is 0.494 e. The Balaban J connectivity index is 0.00000400. The van der Waals surface area contributed by atoms with Gasteiger partial charge in [-0.15, -0.1) is 12.4 Å². The van der Waals surface area contributed by atoms with Gasteiger partial charge >= 0.3 is 0 Å². The summed E-state index contributed by atoms with van der Waals surface area (Å²) >= 11 is 0. The average molecular weight is 327 g/mol. The van der Waals surface area contributed by atoms with Crippen molar-refractivity contribution < 1.29 is 22.7 Å². The minimum Gasteiger partial charge on any atom is -0.494 e. The lowest BCUT2D eigenvalue weighted by molar-refractivity contribution is -0.122. The second-order valence-corrected chi connectivity index (χ2v) is 4.31. The zero-order chi connectivity index (χ0) is 15.2. The van der Waals surface area contributed by atoms with Crippen LogP contribution in [-0.2, 0) is 11.2 Å². The molecule has 0 unspecified atom stereocenters. The molecule has 0 spiro atoms. The fourth-order valence-electron chi connectivity index (χ4n) is 1.51. The van der Waals surface area contributed by atoms with Crippen LogP contribution in [-0.4, -0.2) is 32.0 Å². The summed E-state index contributed by atoms with van der Waals surface area (Å²) in [6, 6.07) is 4.31. The summed E-state index contributed by atoms with van der Waals surface area (Å²) in [5.74, 6) is -4.06. The number of carbonyl (C=O) groups excluding carboxylic acids is 1. The zero-order valence-electron chi connectivity index (χ0n) is 11.5. The lowest BCUT2D eigenvalue weighted by Gasteiger charge is -2.14. The van der Waals surface area contributed by atoms with Crippen LogP contribution in [0.2, 0.25) is 0 Å². The van der Waals surface area contributed by atoms with Crippen molar-refractivity contribution >= 4 is 18.3 Å². The Morgan fingerprint density at radius 3 is 2.62 bits per heavy atom. The molecule has 0 atom stereocenters. The van der Waals surface area contributed by atoms with E-state index in [-0.39, 0.29) is 31.0 Å². The molecule has 21 heavy (non-hydrogen) atoms. The van der Waals surface area contributed by atoms with E-state index >= 15 is 0 Å². The van der Waals surface area contributed by atoms with E-state index in [9.17, 15) is 18.0 Å². The molecule has 0 saturated carbocycles. The highest BCUT2D eigenvalue weighted by molar-refractivity contribution is 5.85. The van der Waals surface area contributed by atoms with Crippen molar-refractivity contribution in [1.29, 1.82) is 0 Å². The van der Waals surface area contributed by atoms with Crippen molar-refractivity contribution in [3.8, 4) is 5.75 Å². The first-order valence-electron chi connectivity index (χ1n) is 6.05. The monoisotopic (exact) mass is 326 g/mol. The zero-order valence-corrected chi connectivity index (χ0v) is 12.3. The number of rotatable bonds is 7. The number of amides is 1. The van der Waals surface area contributed by atoms with Crippen molar-refractivity contribution in [2.24, 2.45) is 5.73 Å². The minimum absolute atomic E-state index is 0. The highest BCUT2D eigenvalue weighted by atomic mass is 35.5. The molecule has 1 rings (SSSR count). The van der Waals surface area contributed by atoms with Crippen LogP contribution in [0.5, 0.6) is 5.75 Å². The number of nitrogens with two attached hydrogens (primary N) is 1. The van der Waals surface area contributed by atoms with Gasteiger partial charge in [0.15, 0.2) is 11.6 Å². The average Bonchev–Trinajstić information content (AvgIpc) is 2.43. The van der Waals surface area contributed by atoms with E-state index in [1.807, 2.05) is 0 Å². The second kappa shape index (κ2) is 8.74. The van der Waals surface area contributed by atoms with Gasteiger partial charge in [-0.05, 0) is 24.1 Å². The fourth-order valence-corrected chi connectivity index (χ4v) is 1.51. The van der Waals surface area contributed by atoms with E-state index in [0.717, 1.165) is 0 Å². The Labute approximate surface area is 127 Å². The van der Waals surface area contributed by atoms with Crippen molar-refractivity contribution in [1.82, 2.24) is 5.32 Å². The summed E-state index contributed by atoms with van der Waals surface area (Å²) < 4.78 is 43.8. The molecule has 4 nitrogen and oxygen atoms in total. The molecule has 120 valence electrons. The van der Waals surface area contributed by atoms with Crippen molar-refractivity contribution in [3.05, 3.63) is 29.6 Å². The van der Waals surface area contributed by atoms with Crippen molar-refractivity contribution in [2.75, 3.05) is 20.2 Å². The minimum atomic E-state index is -3.11. The lowest BCUT2D eigenvalue weighted by atomic mass is 10.1. The van der Waals surface area contributed by atoms with Gasteiger partial charge in [0.2, 0.25) is 5.91 Å². The molecule has 0 saturated heterocycles. The molecule has 0 aliphatic rings. The molecule has 0 heterocycles. The van der Waals surface area contributed by atoms with Gasteiger partial charge in [0.05, 0.1) is 20.2 Å². The highest BCUT2D eigenvalue weighted by Gasteiger charge is 2.26. The molecule has 3 N–H and O–H groups in total. The number of hydrogen-bond acceptors (Lipinski definition) is 3. The number of carbonyl (C=O) groups is 1. The number of alkyl halides is 2. The van der Waals surface area contributed by atoms with E-state index in [1.165, 1.54) is 19.2 Å². The smallest absolute Gasteiger partial charge is 0.277 e. The molecule has 1 amide bonds. The molecule has 0 aromatic heterocycles. The molecule has 0 aliphatic heterocycles. The maximum Gasteiger partial charge on any atom is 0.277 e. The maximum absolute atomic E-state index is 13.4. The highest BCUT2D eigenvalue weighted by Crippen LogP contribution is 2.18. The molecule has 1 aromatic carbocycles. The van der Waals surface area contributed by atoms with Crippen molar-refractivity contribution in [2.45, 2.75) is 18.8 Å². The molecule has 0 radical (unpaired) electrons. The lowest BCUT2D eigenvalue weighted by Crippen LogP contribution is -2.41. The topological polar surface area (TPSA) is 64.3 Å². The quantitative estimate of drug-likeness (QED) is 0.804. The van der Waals surface area contributed by atoms with Crippen LogP contribution in [0.4, 0.5) is 13.2 Å².